The molecular formula is C25H29NO5. The molecule has 1 aromatic carbocycles. The van der Waals surface area contributed by atoms with Crippen LogP contribution in [0.25, 0.3) is 0 Å². The van der Waals surface area contributed by atoms with E-state index in [0.717, 1.165) is 22.3 Å². The lowest BCUT2D eigenvalue weighted by atomic mass is 9.80. The van der Waals surface area contributed by atoms with E-state index < -0.39 is 12.1 Å². The molecule has 0 saturated carbocycles. The number of carboxylic acid groups (broad SMARTS) is 1. The standard InChI is InChI=1S/C25H29NO5/c1-14-8-6-7-9-16(14)17-10-15(2)18-12-30-13-20(25(3,4)5)26-22(18)23(17)31-19(24(26)29)11-21(27)28/h6-10,12,17,19-20H,11,13H2,1-5H3,(H,27,28)/t17-,19-,20+/m1/s1. The summed E-state index contributed by atoms with van der Waals surface area (Å²) in [5.74, 6) is -0.974. The predicted molar refractivity (Wildman–Crippen MR) is 116 cm³/mol. The molecule has 1 aliphatic carbocycles. The van der Waals surface area contributed by atoms with Crippen LogP contribution in [0, 0.1) is 12.3 Å². The number of carboxylic acids is 1. The number of aliphatic carboxylic acids is 1. The second kappa shape index (κ2) is 7.59. The fourth-order valence-electron chi connectivity index (χ4n) is 4.58. The van der Waals surface area contributed by atoms with Crippen molar-refractivity contribution in [2.75, 3.05) is 6.61 Å². The third-order valence-electron chi connectivity index (χ3n) is 6.29. The summed E-state index contributed by atoms with van der Waals surface area (Å²) < 4.78 is 12.1. The van der Waals surface area contributed by atoms with Gasteiger partial charge < -0.3 is 14.6 Å². The molecule has 1 N–H and O–H groups in total. The van der Waals surface area contributed by atoms with Crippen molar-refractivity contribution in [3.63, 3.8) is 0 Å². The van der Waals surface area contributed by atoms with Crippen molar-refractivity contribution in [3.05, 3.63) is 70.3 Å². The van der Waals surface area contributed by atoms with Crippen molar-refractivity contribution >= 4 is 11.9 Å². The van der Waals surface area contributed by atoms with Gasteiger partial charge in [-0.05, 0) is 36.0 Å². The minimum Gasteiger partial charge on any atom is -0.498 e. The van der Waals surface area contributed by atoms with Crippen LogP contribution in [-0.2, 0) is 19.1 Å². The van der Waals surface area contributed by atoms with Gasteiger partial charge in [-0.25, -0.2) is 0 Å². The van der Waals surface area contributed by atoms with Crippen molar-refractivity contribution in [2.24, 2.45) is 5.41 Å². The predicted octanol–water partition coefficient (Wildman–Crippen LogP) is 4.28. The van der Waals surface area contributed by atoms with E-state index in [4.69, 9.17) is 9.47 Å². The van der Waals surface area contributed by atoms with E-state index >= 15 is 0 Å². The van der Waals surface area contributed by atoms with Gasteiger partial charge in [0.15, 0.2) is 6.10 Å². The highest BCUT2D eigenvalue weighted by molar-refractivity contribution is 5.89. The van der Waals surface area contributed by atoms with Crippen molar-refractivity contribution < 1.29 is 24.2 Å². The van der Waals surface area contributed by atoms with Gasteiger partial charge in [0.2, 0.25) is 0 Å². The molecule has 2 heterocycles. The molecule has 164 valence electrons. The van der Waals surface area contributed by atoms with Crippen LogP contribution in [0.4, 0.5) is 0 Å². The zero-order chi connectivity index (χ0) is 22.5. The first-order valence-electron chi connectivity index (χ1n) is 10.6. The molecule has 3 aliphatic rings. The second-order valence-electron chi connectivity index (χ2n) is 9.56. The normalized spacial score (nSPS) is 25.6. The summed E-state index contributed by atoms with van der Waals surface area (Å²) in [5.41, 5.74) is 4.42. The molecule has 0 aromatic heterocycles. The average Bonchev–Trinajstić information content (AvgIpc) is 2.89. The van der Waals surface area contributed by atoms with E-state index in [-0.39, 0.29) is 29.7 Å². The quantitative estimate of drug-likeness (QED) is 0.785. The van der Waals surface area contributed by atoms with Crippen molar-refractivity contribution in [1.29, 1.82) is 0 Å². The van der Waals surface area contributed by atoms with E-state index in [1.807, 2.05) is 32.0 Å². The van der Waals surface area contributed by atoms with E-state index in [9.17, 15) is 14.7 Å². The molecule has 6 heteroatoms. The Bertz CT molecular complexity index is 1030. The average molecular weight is 424 g/mol. The number of benzene rings is 1. The van der Waals surface area contributed by atoms with Gasteiger partial charge in [0.25, 0.3) is 5.91 Å². The topological polar surface area (TPSA) is 76.1 Å². The summed E-state index contributed by atoms with van der Waals surface area (Å²) >= 11 is 0. The largest absolute Gasteiger partial charge is 0.498 e. The molecule has 6 nitrogen and oxygen atoms in total. The van der Waals surface area contributed by atoms with Gasteiger partial charge in [-0.2, -0.15) is 0 Å². The maximum Gasteiger partial charge on any atom is 0.307 e. The molecule has 0 spiro atoms. The van der Waals surface area contributed by atoms with Crippen molar-refractivity contribution in [3.8, 4) is 0 Å². The lowest BCUT2D eigenvalue weighted by Crippen LogP contribution is -2.55. The summed E-state index contributed by atoms with van der Waals surface area (Å²) in [7, 11) is 0. The molecule has 0 saturated heterocycles. The van der Waals surface area contributed by atoms with Crippen LogP contribution in [0.15, 0.2) is 59.2 Å². The summed E-state index contributed by atoms with van der Waals surface area (Å²) in [6, 6.07) is 7.81. The maximum absolute atomic E-state index is 13.6. The molecule has 0 fully saturated rings. The van der Waals surface area contributed by atoms with Crippen LogP contribution in [0.5, 0.6) is 0 Å². The fourth-order valence-corrected chi connectivity index (χ4v) is 4.58. The molecule has 0 radical (unpaired) electrons. The zero-order valence-corrected chi connectivity index (χ0v) is 18.6. The highest BCUT2D eigenvalue weighted by Gasteiger charge is 2.49. The molecule has 4 rings (SSSR count). The van der Waals surface area contributed by atoms with Gasteiger partial charge in [0.05, 0.1) is 30.3 Å². The van der Waals surface area contributed by atoms with Crippen molar-refractivity contribution in [1.82, 2.24) is 4.90 Å². The zero-order valence-electron chi connectivity index (χ0n) is 18.6. The van der Waals surface area contributed by atoms with E-state index in [1.165, 1.54) is 0 Å². The Morgan fingerprint density at radius 1 is 1.23 bits per heavy atom. The van der Waals surface area contributed by atoms with Crippen LogP contribution in [0.2, 0.25) is 0 Å². The van der Waals surface area contributed by atoms with Gasteiger partial charge in [-0.15, -0.1) is 0 Å². The summed E-state index contributed by atoms with van der Waals surface area (Å²) in [4.78, 5) is 26.8. The Hall–Kier alpha value is -3.02. The monoisotopic (exact) mass is 423 g/mol. The number of hydrogen-bond donors (Lipinski definition) is 1. The number of carbonyl (C=O) groups is 2. The van der Waals surface area contributed by atoms with Crippen LogP contribution in [0.1, 0.15) is 51.2 Å². The molecule has 3 atom stereocenters. The summed E-state index contributed by atoms with van der Waals surface area (Å²) in [6.07, 6.45) is 2.37. The minimum absolute atomic E-state index is 0.209. The molecule has 2 aliphatic heterocycles. The number of aryl methyl sites for hydroxylation is 1. The van der Waals surface area contributed by atoms with Gasteiger partial charge in [0, 0.05) is 5.57 Å². The number of carbonyl (C=O) groups excluding carboxylic acids is 1. The number of amides is 1. The highest BCUT2D eigenvalue weighted by atomic mass is 16.5. The van der Waals surface area contributed by atoms with Crippen LogP contribution in [-0.4, -0.2) is 40.6 Å². The third-order valence-corrected chi connectivity index (χ3v) is 6.29. The van der Waals surface area contributed by atoms with E-state index in [1.54, 1.807) is 11.2 Å². The van der Waals surface area contributed by atoms with Crippen LogP contribution in [0.3, 0.4) is 0 Å². The molecule has 0 unspecified atom stereocenters. The smallest absolute Gasteiger partial charge is 0.307 e. The minimum atomic E-state index is -1.07. The Morgan fingerprint density at radius 3 is 2.58 bits per heavy atom. The number of ether oxygens (including phenoxy) is 2. The number of allylic oxidation sites excluding steroid dienone is 2. The first kappa shape index (κ1) is 21.2. The van der Waals surface area contributed by atoms with Crippen LogP contribution < -0.4 is 0 Å². The van der Waals surface area contributed by atoms with Gasteiger partial charge in [-0.3, -0.25) is 14.5 Å². The fraction of sp³-hybridized carbons (Fsp3) is 0.440. The van der Waals surface area contributed by atoms with Crippen molar-refractivity contribution in [2.45, 2.75) is 59.1 Å². The second-order valence-corrected chi connectivity index (χ2v) is 9.56. The Balaban J connectivity index is 1.95. The Labute approximate surface area is 182 Å². The van der Waals surface area contributed by atoms with Gasteiger partial charge in [0.1, 0.15) is 12.4 Å². The molecule has 1 aromatic rings. The first-order valence-corrected chi connectivity index (χ1v) is 10.6. The number of hydrogen-bond acceptors (Lipinski definition) is 4. The molecular weight excluding hydrogens is 394 g/mol. The van der Waals surface area contributed by atoms with Gasteiger partial charge in [-0.1, -0.05) is 51.1 Å². The first-order chi connectivity index (χ1) is 14.6. The highest BCUT2D eigenvalue weighted by Crippen LogP contribution is 2.48. The Morgan fingerprint density at radius 2 is 1.94 bits per heavy atom. The maximum atomic E-state index is 13.6. The third kappa shape index (κ3) is 3.64. The number of rotatable bonds is 3. The summed E-state index contributed by atoms with van der Waals surface area (Å²) in [5, 5.41) is 9.44. The lowest BCUT2D eigenvalue weighted by Gasteiger charge is -2.46. The lowest BCUT2D eigenvalue weighted by molar-refractivity contribution is -0.155. The molecule has 1 amide bonds. The summed E-state index contributed by atoms with van der Waals surface area (Å²) in [6.45, 7) is 10.6. The molecule has 0 bridgehead atoms. The van der Waals surface area contributed by atoms with Gasteiger partial charge >= 0.3 is 5.97 Å². The molecule has 31 heavy (non-hydrogen) atoms. The van der Waals surface area contributed by atoms with Crippen LogP contribution >= 0.6 is 0 Å². The van der Waals surface area contributed by atoms with E-state index in [2.05, 4.69) is 32.9 Å². The SMILES string of the molecule is CC1=C[C@H](c2ccccc2C)C2=C3C1=COC[C@@H](C(C)(C)C)N3C(=O)[C@@H](CC(=O)O)O2. The number of nitrogens with zero attached hydrogens (tertiary/aromatic N) is 1. The Kier molecular flexibility index (Phi) is 5.20. The van der Waals surface area contributed by atoms with E-state index in [0.29, 0.717) is 18.1 Å².